The Labute approximate surface area is 125 Å². The summed E-state index contributed by atoms with van der Waals surface area (Å²) in [6.45, 7) is -0.211. The van der Waals surface area contributed by atoms with E-state index in [1.54, 1.807) is 31.4 Å². The molecule has 0 unspecified atom stereocenters. The predicted octanol–water partition coefficient (Wildman–Crippen LogP) is 2.14. The van der Waals surface area contributed by atoms with Gasteiger partial charge in [0.2, 0.25) is 0 Å². The van der Waals surface area contributed by atoms with Crippen LogP contribution in [0.5, 0.6) is 5.75 Å². The van der Waals surface area contributed by atoms with E-state index in [-0.39, 0.29) is 6.61 Å². The summed E-state index contributed by atoms with van der Waals surface area (Å²) in [4.78, 5) is 16.5. The van der Waals surface area contributed by atoms with E-state index < -0.39 is 6.03 Å². The van der Waals surface area contributed by atoms with E-state index in [9.17, 15) is 4.79 Å². The first-order chi connectivity index (χ1) is 10.2. The molecule has 108 valence electrons. The molecule has 0 aliphatic heterocycles. The Hall–Kier alpha value is -2.56. The van der Waals surface area contributed by atoms with Crippen molar-refractivity contribution in [2.24, 2.45) is 0 Å². The van der Waals surface area contributed by atoms with Crippen LogP contribution in [0, 0.1) is 11.8 Å². The number of anilines is 2. The van der Waals surface area contributed by atoms with Crippen LogP contribution in [-0.2, 0) is 0 Å². The normalized spacial score (nSPS) is 9.43. The zero-order valence-electron chi connectivity index (χ0n) is 11.2. The minimum Gasteiger partial charge on any atom is -0.497 e. The second-order valence-corrected chi connectivity index (χ2v) is 4.83. The van der Waals surface area contributed by atoms with E-state index in [1.165, 1.54) is 17.5 Å². The maximum Gasteiger partial charge on any atom is 0.325 e. The van der Waals surface area contributed by atoms with Crippen LogP contribution in [0.4, 0.5) is 15.6 Å². The number of hydrogen-bond donors (Lipinski definition) is 3. The van der Waals surface area contributed by atoms with Crippen LogP contribution in [0.3, 0.4) is 0 Å². The monoisotopic (exact) mass is 303 g/mol. The van der Waals surface area contributed by atoms with E-state index in [2.05, 4.69) is 27.5 Å². The summed E-state index contributed by atoms with van der Waals surface area (Å²) in [7, 11) is 1.56. The molecule has 0 bridgehead atoms. The second-order valence-electron chi connectivity index (χ2n) is 3.80. The van der Waals surface area contributed by atoms with Crippen molar-refractivity contribution in [1.82, 2.24) is 4.98 Å². The van der Waals surface area contributed by atoms with E-state index in [4.69, 9.17) is 9.84 Å². The molecular weight excluding hydrogens is 290 g/mol. The van der Waals surface area contributed by atoms with E-state index in [0.717, 1.165) is 0 Å². The largest absolute Gasteiger partial charge is 0.497 e. The highest BCUT2D eigenvalue weighted by Gasteiger charge is 2.06. The maximum absolute atomic E-state index is 11.8. The Balaban J connectivity index is 1.96. The molecule has 3 N–H and O–H groups in total. The van der Waals surface area contributed by atoms with Gasteiger partial charge < -0.3 is 15.2 Å². The van der Waals surface area contributed by atoms with Crippen LogP contribution in [0.2, 0.25) is 0 Å². The third-order valence-electron chi connectivity index (χ3n) is 2.34. The molecule has 0 radical (unpaired) electrons. The van der Waals surface area contributed by atoms with Crippen molar-refractivity contribution in [3.63, 3.8) is 0 Å². The van der Waals surface area contributed by atoms with Crippen molar-refractivity contribution in [1.29, 1.82) is 0 Å². The molecule has 6 nitrogen and oxygen atoms in total. The fourth-order valence-corrected chi connectivity index (χ4v) is 2.16. The van der Waals surface area contributed by atoms with Crippen molar-refractivity contribution in [3.8, 4) is 17.6 Å². The molecule has 2 aromatic rings. The number of benzene rings is 1. The third kappa shape index (κ3) is 4.49. The molecule has 21 heavy (non-hydrogen) atoms. The summed E-state index contributed by atoms with van der Waals surface area (Å²) in [5.41, 5.74) is 0.615. The predicted molar refractivity (Wildman–Crippen MR) is 81.7 cm³/mol. The quantitative estimate of drug-likeness (QED) is 0.759. The first-order valence-electron chi connectivity index (χ1n) is 5.99. The number of aliphatic hydroxyl groups excluding tert-OH is 1. The Morgan fingerprint density at radius 1 is 1.48 bits per heavy atom. The number of carbonyl (C=O) groups excluding carboxylic acids is 1. The van der Waals surface area contributed by atoms with E-state index in [0.29, 0.717) is 21.4 Å². The highest BCUT2D eigenvalue weighted by atomic mass is 32.1. The number of aromatic nitrogens is 1. The SMILES string of the molecule is COc1cccc(NC(=O)Nc2ncc(C#CCO)s2)c1. The van der Waals surface area contributed by atoms with Gasteiger partial charge in [-0.05, 0) is 12.1 Å². The van der Waals surface area contributed by atoms with Gasteiger partial charge in [-0.2, -0.15) is 0 Å². The van der Waals surface area contributed by atoms with Crippen molar-refractivity contribution in [2.45, 2.75) is 0 Å². The minimum atomic E-state index is -0.403. The van der Waals surface area contributed by atoms with Crippen LogP contribution in [0.15, 0.2) is 30.5 Å². The van der Waals surface area contributed by atoms with Crippen LogP contribution < -0.4 is 15.4 Å². The number of thiazole rings is 1. The lowest BCUT2D eigenvalue weighted by molar-refractivity contribution is 0.262. The number of hydrogen-bond acceptors (Lipinski definition) is 5. The van der Waals surface area contributed by atoms with Crippen molar-refractivity contribution < 1.29 is 14.6 Å². The van der Waals surface area contributed by atoms with Crippen molar-refractivity contribution in [3.05, 3.63) is 35.3 Å². The lowest BCUT2D eigenvalue weighted by Gasteiger charge is -2.06. The summed E-state index contributed by atoms with van der Waals surface area (Å²) in [5, 5.41) is 14.3. The van der Waals surface area contributed by atoms with Crippen LogP contribution in [0.25, 0.3) is 0 Å². The molecule has 0 atom stereocenters. The molecule has 1 heterocycles. The molecule has 0 aliphatic rings. The first-order valence-corrected chi connectivity index (χ1v) is 6.80. The van der Waals surface area contributed by atoms with Gasteiger partial charge in [0.15, 0.2) is 5.13 Å². The molecule has 1 aromatic heterocycles. The summed E-state index contributed by atoms with van der Waals surface area (Å²) < 4.78 is 5.08. The highest BCUT2D eigenvalue weighted by Crippen LogP contribution is 2.19. The number of amides is 2. The number of aliphatic hydroxyl groups is 1. The molecular formula is C14H13N3O3S. The van der Waals surface area contributed by atoms with Gasteiger partial charge in [-0.3, -0.25) is 5.32 Å². The fourth-order valence-electron chi connectivity index (χ4n) is 1.48. The number of nitrogens with zero attached hydrogens (tertiary/aromatic N) is 1. The number of nitrogens with one attached hydrogen (secondary N) is 2. The van der Waals surface area contributed by atoms with Gasteiger partial charge in [-0.25, -0.2) is 9.78 Å². The maximum atomic E-state index is 11.8. The summed E-state index contributed by atoms with van der Waals surface area (Å²) >= 11 is 1.23. The fraction of sp³-hybridized carbons (Fsp3) is 0.143. The zero-order valence-corrected chi connectivity index (χ0v) is 12.0. The third-order valence-corrected chi connectivity index (χ3v) is 3.17. The molecule has 0 spiro atoms. The molecule has 0 fully saturated rings. The smallest absolute Gasteiger partial charge is 0.325 e. The van der Waals surface area contributed by atoms with Gasteiger partial charge in [-0.15, -0.1) is 0 Å². The Kier molecular flexibility index (Phi) is 5.15. The molecule has 0 saturated carbocycles. The Morgan fingerprint density at radius 3 is 3.10 bits per heavy atom. The van der Waals surface area contributed by atoms with Gasteiger partial charge in [0.1, 0.15) is 12.4 Å². The molecule has 7 heteroatoms. The van der Waals surface area contributed by atoms with Crippen LogP contribution in [-0.4, -0.2) is 29.8 Å². The Morgan fingerprint density at radius 2 is 2.33 bits per heavy atom. The van der Waals surface area contributed by atoms with Gasteiger partial charge in [-0.1, -0.05) is 29.2 Å². The number of urea groups is 1. The second kappa shape index (κ2) is 7.28. The van der Waals surface area contributed by atoms with Gasteiger partial charge in [0, 0.05) is 11.8 Å². The van der Waals surface area contributed by atoms with Crippen molar-refractivity contribution >= 4 is 28.2 Å². The molecule has 0 saturated heterocycles. The average molecular weight is 303 g/mol. The van der Waals surface area contributed by atoms with E-state index >= 15 is 0 Å². The standard InChI is InChI=1S/C14H13N3O3S/c1-20-11-5-2-4-10(8-11)16-13(19)17-14-15-9-12(21-14)6-3-7-18/h2,4-5,8-9,18H,7H2,1H3,(H2,15,16,17,19). The molecule has 0 aliphatic carbocycles. The zero-order chi connectivity index (χ0) is 15.1. The summed E-state index contributed by atoms with van der Waals surface area (Å²) in [6.07, 6.45) is 1.54. The van der Waals surface area contributed by atoms with E-state index in [1.807, 2.05) is 0 Å². The Bertz CT molecular complexity index is 688. The number of carbonyl (C=O) groups is 1. The minimum absolute atomic E-state index is 0.211. The van der Waals surface area contributed by atoms with Crippen LogP contribution in [0.1, 0.15) is 4.88 Å². The van der Waals surface area contributed by atoms with Gasteiger partial charge in [0.05, 0.1) is 18.2 Å². The highest BCUT2D eigenvalue weighted by molar-refractivity contribution is 7.16. The number of ether oxygens (including phenoxy) is 1. The van der Waals surface area contributed by atoms with Gasteiger partial charge in [0.25, 0.3) is 0 Å². The summed E-state index contributed by atoms with van der Waals surface area (Å²) in [5.74, 6) is 5.89. The number of methoxy groups -OCH3 is 1. The van der Waals surface area contributed by atoms with Crippen molar-refractivity contribution in [2.75, 3.05) is 24.4 Å². The average Bonchev–Trinajstić information content (AvgIpc) is 2.92. The topological polar surface area (TPSA) is 83.5 Å². The summed E-state index contributed by atoms with van der Waals surface area (Å²) in [6, 6.07) is 6.62. The first kappa shape index (κ1) is 14.8. The number of rotatable bonds is 3. The van der Waals surface area contributed by atoms with Gasteiger partial charge >= 0.3 is 6.03 Å². The molecule has 2 rings (SSSR count). The lowest BCUT2D eigenvalue weighted by Crippen LogP contribution is -2.19. The molecule has 2 amide bonds. The lowest BCUT2D eigenvalue weighted by atomic mass is 10.3. The molecule has 1 aromatic carbocycles. The van der Waals surface area contributed by atoms with Crippen LogP contribution >= 0.6 is 11.3 Å².